The Hall–Kier alpha value is -3.62. The van der Waals surface area contributed by atoms with Gasteiger partial charge in [0.1, 0.15) is 17.5 Å². The first-order valence-corrected chi connectivity index (χ1v) is 9.17. The highest BCUT2D eigenvalue weighted by atomic mass is 19.1. The van der Waals surface area contributed by atoms with Crippen molar-refractivity contribution in [1.82, 2.24) is 0 Å². The molecule has 31 heavy (non-hydrogen) atoms. The van der Waals surface area contributed by atoms with Gasteiger partial charge in [0.05, 0.1) is 37.0 Å². The summed E-state index contributed by atoms with van der Waals surface area (Å²) in [6.45, 7) is 1.44. The molecule has 0 aliphatic carbocycles. The number of halogens is 4. The van der Waals surface area contributed by atoms with Crippen LogP contribution in [-0.2, 0) is 9.53 Å². The summed E-state index contributed by atoms with van der Waals surface area (Å²) in [4.78, 5) is 13.0. The van der Waals surface area contributed by atoms with Crippen LogP contribution in [-0.4, -0.2) is 24.3 Å². The lowest BCUT2D eigenvalue weighted by Crippen LogP contribution is -2.53. The van der Waals surface area contributed by atoms with E-state index in [1.54, 1.807) is 6.07 Å². The summed E-state index contributed by atoms with van der Waals surface area (Å²) in [6.07, 6.45) is 2.69. The number of hydrogen-bond acceptors (Lipinski definition) is 5. The van der Waals surface area contributed by atoms with Crippen molar-refractivity contribution >= 4 is 17.4 Å². The Morgan fingerprint density at radius 2 is 1.74 bits per heavy atom. The molecule has 2 aromatic carbocycles. The lowest BCUT2D eigenvalue weighted by Gasteiger charge is -2.36. The SMILES string of the molecule is COC(=O)C1(C)C(c2ccoc2)C(c2ccc(F)cc2F)=NN1c1ccc(F)cc1F. The van der Waals surface area contributed by atoms with Crippen LogP contribution in [0, 0.1) is 23.3 Å². The summed E-state index contributed by atoms with van der Waals surface area (Å²) in [6, 6.07) is 7.23. The van der Waals surface area contributed by atoms with E-state index in [9.17, 15) is 22.4 Å². The molecule has 0 radical (unpaired) electrons. The number of methoxy groups -OCH3 is 1. The summed E-state index contributed by atoms with van der Waals surface area (Å²) in [5.41, 5.74) is -1.56. The smallest absolute Gasteiger partial charge is 0.334 e. The minimum absolute atomic E-state index is 0.0236. The summed E-state index contributed by atoms with van der Waals surface area (Å²) in [5.74, 6) is -5.30. The van der Waals surface area contributed by atoms with Crippen molar-refractivity contribution in [2.45, 2.75) is 18.4 Å². The second-order valence-electron chi connectivity index (χ2n) is 7.15. The first-order valence-electron chi connectivity index (χ1n) is 9.17. The number of carbonyl (C=O) groups excluding carboxylic acids is 1. The lowest BCUT2D eigenvalue weighted by atomic mass is 9.77. The quantitative estimate of drug-likeness (QED) is 0.440. The lowest BCUT2D eigenvalue weighted by molar-refractivity contribution is -0.146. The summed E-state index contributed by atoms with van der Waals surface area (Å²) >= 11 is 0. The summed E-state index contributed by atoms with van der Waals surface area (Å²) < 4.78 is 66.5. The van der Waals surface area contributed by atoms with Gasteiger partial charge >= 0.3 is 5.97 Å². The van der Waals surface area contributed by atoms with E-state index in [1.807, 2.05) is 0 Å². The molecule has 3 aromatic rings. The van der Waals surface area contributed by atoms with Crippen LogP contribution in [0.2, 0.25) is 0 Å². The fourth-order valence-electron chi connectivity index (χ4n) is 3.85. The van der Waals surface area contributed by atoms with Crippen LogP contribution in [0.25, 0.3) is 0 Å². The minimum Gasteiger partial charge on any atom is -0.472 e. The Morgan fingerprint density at radius 1 is 1.06 bits per heavy atom. The molecule has 0 saturated carbocycles. The van der Waals surface area contributed by atoms with Crippen LogP contribution in [0.3, 0.4) is 0 Å². The highest BCUT2D eigenvalue weighted by Crippen LogP contribution is 2.46. The molecule has 0 N–H and O–H groups in total. The molecule has 1 aliphatic heterocycles. The Morgan fingerprint density at radius 3 is 2.32 bits per heavy atom. The van der Waals surface area contributed by atoms with Gasteiger partial charge in [0.2, 0.25) is 0 Å². The third-order valence-electron chi connectivity index (χ3n) is 5.30. The molecule has 4 rings (SSSR count). The average Bonchev–Trinajstić information content (AvgIpc) is 3.34. The number of benzene rings is 2. The standard InChI is InChI=1S/C22H16F4N2O3/c1-22(21(29)30-2)19(12-7-8-31-11-12)20(15-5-3-13(23)9-16(15)25)27-28(22)18-6-4-14(24)10-17(18)26/h3-11,19H,1-2H3. The molecule has 2 heterocycles. The van der Waals surface area contributed by atoms with Crippen LogP contribution in [0.1, 0.15) is 24.0 Å². The average molecular weight is 432 g/mol. The van der Waals surface area contributed by atoms with E-state index < -0.39 is 40.7 Å². The normalized spacial score (nSPS) is 20.6. The molecule has 0 amide bonds. The number of furan rings is 1. The Balaban J connectivity index is 2.00. The van der Waals surface area contributed by atoms with Gasteiger partial charge in [-0.1, -0.05) is 0 Å². The van der Waals surface area contributed by atoms with Crippen LogP contribution in [0.5, 0.6) is 0 Å². The molecule has 1 aromatic heterocycles. The van der Waals surface area contributed by atoms with Crippen LogP contribution < -0.4 is 5.01 Å². The van der Waals surface area contributed by atoms with Crippen LogP contribution in [0.4, 0.5) is 23.2 Å². The Kier molecular flexibility index (Phi) is 5.04. The first kappa shape index (κ1) is 20.6. The van der Waals surface area contributed by atoms with E-state index >= 15 is 0 Å². The van der Waals surface area contributed by atoms with Crippen LogP contribution in [0.15, 0.2) is 64.5 Å². The van der Waals surface area contributed by atoms with Gasteiger partial charge in [0.25, 0.3) is 0 Å². The molecular formula is C22H16F4N2O3. The molecule has 0 bridgehead atoms. The second kappa shape index (κ2) is 7.57. The third-order valence-corrected chi connectivity index (χ3v) is 5.30. The monoisotopic (exact) mass is 432 g/mol. The summed E-state index contributed by atoms with van der Waals surface area (Å²) in [7, 11) is 1.15. The van der Waals surface area contributed by atoms with Gasteiger partial charge in [-0.2, -0.15) is 5.10 Å². The maximum absolute atomic E-state index is 14.7. The largest absolute Gasteiger partial charge is 0.472 e. The Labute approximate surface area is 174 Å². The number of hydrogen-bond donors (Lipinski definition) is 0. The van der Waals surface area contributed by atoms with E-state index in [-0.39, 0.29) is 17.0 Å². The van der Waals surface area contributed by atoms with Gasteiger partial charge in [-0.25, -0.2) is 27.4 Å². The number of rotatable bonds is 4. The number of nitrogens with zero attached hydrogens (tertiary/aromatic N) is 2. The molecule has 9 heteroatoms. The van der Waals surface area contributed by atoms with Crippen molar-refractivity contribution in [3.63, 3.8) is 0 Å². The highest BCUT2D eigenvalue weighted by molar-refractivity contribution is 6.13. The molecule has 2 unspecified atom stereocenters. The van der Waals surface area contributed by atoms with Gasteiger partial charge in [-0.15, -0.1) is 0 Å². The molecule has 1 aliphatic rings. The maximum atomic E-state index is 14.7. The molecular weight excluding hydrogens is 416 g/mol. The van der Waals surface area contributed by atoms with Crippen molar-refractivity contribution in [3.05, 3.63) is 89.4 Å². The van der Waals surface area contributed by atoms with E-state index in [2.05, 4.69) is 5.10 Å². The first-order chi connectivity index (χ1) is 14.8. The number of ether oxygens (including phenoxy) is 1. The summed E-state index contributed by atoms with van der Waals surface area (Å²) in [5, 5.41) is 5.38. The fourth-order valence-corrected chi connectivity index (χ4v) is 3.85. The zero-order chi connectivity index (χ0) is 22.3. The third kappa shape index (κ3) is 3.26. The molecule has 160 valence electrons. The number of anilines is 1. The van der Waals surface area contributed by atoms with E-state index in [4.69, 9.17) is 9.15 Å². The fraction of sp³-hybridized carbons (Fsp3) is 0.182. The zero-order valence-electron chi connectivity index (χ0n) is 16.4. The number of carbonyl (C=O) groups is 1. The van der Waals surface area contributed by atoms with E-state index in [0.717, 1.165) is 30.3 Å². The topological polar surface area (TPSA) is 55.0 Å². The van der Waals surface area contributed by atoms with Crippen molar-refractivity contribution < 1.29 is 31.5 Å². The second-order valence-corrected chi connectivity index (χ2v) is 7.15. The number of hydrazone groups is 1. The highest BCUT2D eigenvalue weighted by Gasteiger charge is 2.57. The molecule has 2 atom stereocenters. The van der Waals surface area contributed by atoms with Gasteiger partial charge in [0.15, 0.2) is 11.4 Å². The van der Waals surface area contributed by atoms with Gasteiger partial charge in [-0.3, -0.25) is 0 Å². The molecule has 0 saturated heterocycles. The molecule has 5 nitrogen and oxygen atoms in total. The Bertz CT molecular complexity index is 1180. The van der Waals surface area contributed by atoms with Gasteiger partial charge in [0, 0.05) is 23.3 Å². The molecule has 0 fully saturated rings. The minimum atomic E-state index is -1.70. The van der Waals surface area contributed by atoms with Crippen molar-refractivity contribution in [2.75, 3.05) is 12.1 Å². The van der Waals surface area contributed by atoms with E-state index in [1.165, 1.54) is 25.5 Å². The molecule has 0 spiro atoms. The van der Waals surface area contributed by atoms with E-state index in [0.29, 0.717) is 17.7 Å². The van der Waals surface area contributed by atoms with Crippen molar-refractivity contribution in [3.8, 4) is 0 Å². The zero-order valence-corrected chi connectivity index (χ0v) is 16.4. The maximum Gasteiger partial charge on any atom is 0.334 e. The predicted octanol–water partition coefficient (Wildman–Crippen LogP) is 4.78. The van der Waals surface area contributed by atoms with Crippen molar-refractivity contribution in [1.29, 1.82) is 0 Å². The predicted molar refractivity (Wildman–Crippen MR) is 104 cm³/mol. The van der Waals surface area contributed by atoms with Gasteiger partial charge in [-0.05, 0) is 37.3 Å². The van der Waals surface area contributed by atoms with Crippen LogP contribution >= 0.6 is 0 Å². The van der Waals surface area contributed by atoms with Crippen molar-refractivity contribution in [2.24, 2.45) is 5.10 Å². The van der Waals surface area contributed by atoms with Gasteiger partial charge < -0.3 is 9.15 Å². The number of esters is 1.